The molecule has 0 aliphatic heterocycles. The van der Waals surface area contributed by atoms with Gasteiger partial charge < -0.3 is 15.2 Å². The Bertz CT molecular complexity index is 352. The van der Waals surface area contributed by atoms with Crippen LogP contribution in [0.4, 0.5) is 5.82 Å². The molecule has 0 spiro atoms. The van der Waals surface area contributed by atoms with Crippen molar-refractivity contribution < 1.29 is 14.6 Å². The molecule has 1 rings (SSSR count). The summed E-state index contributed by atoms with van der Waals surface area (Å²) in [5, 5.41) is 11.8. The number of carboxylic acid groups (broad SMARTS) is 1. The van der Waals surface area contributed by atoms with Crippen LogP contribution in [0.1, 0.15) is 36.5 Å². The lowest BCUT2D eigenvalue weighted by Crippen LogP contribution is -2.08. The molecule has 0 aromatic carbocycles. The van der Waals surface area contributed by atoms with E-state index >= 15 is 0 Å². The van der Waals surface area contributed by atoms with Crippen molar-refractivity contribution in [2.45, 2.75) is 26.2 Å². The predicted molar refractivity (Wildman–Crippen MR) is 70.0 cm³/mol. The van der Waals surface area contributed by atoms with Gasteiger partial charge in [0.1, 0.15) is 5.82 Å². The molecule has 0 saturated carbocycles. The number of aromatic nitrogens is 1. The summed E-state index contributed by atoms with van der Waals surface area (Å²) in [6.07, 6.45) is 4.51. The first-order valence-corrected chi connectivity index (χ1v) is 6.25. The van der Waals surface area contributed by atoms with Crippen molar-refractivity contribution >= 4 is 11.8 Å². The van der Waals surface area contributed by atoms with Crippen molar-refractivity contribution in [3.8, 4) is 0 Å². The summed E-state index contributed by atoms with van der Waals surface area (Å²) in [6, 6.07) is 3.21. The lowest BCUT2D eigenvalue weighted by atomic mass is 10.3. The number of hydrogen-bond acceptors (Lipinski definition) is 4. The van der Waals surface area contributed by atoms with E-state index in [1.807, 2.05) is 0 Å². The molecule has 0 atom stereocenters. The van der Waals surface area contributed by atoms with Gasteiger partial charge in [-0.25, -0.2) is 9.78 Å². The van der Waals surface area contributed by atoms with E-state index in [4.69, 9.17) is 9.84 Å². The number of unbranched alkanes of at least 4 members (excludes halogenated alkanes) is 1. The average Bonchev–Trinajstić information content (AvgIpc) is 2.38. The Kier molecular flexibility index (Phi) is 6.79. The number of nitrogens with one attached hydrogen (secondary N) is 1. The van der Waals surface area contributed by atoms with Gasteiger partial charge in [-0.05, 0) is 25.0 Å². The molecule has 18 heavy (non-hydrogen) atoms. The monoisotopic (exact) mass is 252 g/mol. The summed E-state index contributed by atoms with van der Waals surface area (Å²) in [7, 11) is 0. The third-order valence-electron chi connectivity index (χ3n) is 2.42. The number of carboxylic acids is 1. The molecule has 100 valence electrons. The van der Waals surface area contributed by atoms with Gasteiger partial charge in [0.2, 0.25) is 0 Å². The highest BCUT2D eigenvalue weighted by Gasteiger charge is 2.02. The van der Waals surface area contributed by atoms with Gasteiger partial charge in [0, 0.05) is 26.0 Å². The topological polar surface area (TPSA) is 71.5 Å². The predicted octanol–water partition coefficient (Wildman–Crippen LogP) is 2.40. The lowest BCUT2D eigenvalue weighted by molar-refractivity contribution is 0.0696. The second-order valence-corrected chi connectivity index (χ2v) is 3.98. The molecule has 0 radical (unpaired) electrons. The van der Waals surface area contributed by atoms with Crippen LogP contribution in [0.15, 0.2) is 18.3 Å². The quantitative estimate of drug-likeness (QED) is 0.660. The fourth-order valence-corrected chi connectivity index (χ4v) is 1.36. The molecule has 2 N–H and O–H groups in total. The van der Waals surface area contributed by atoms with Crippen LogP contribution in [0.2, 0.25) is 0 Å². The number of rotatable bonds is 9. The average molecular weight is 252 g/mol. The molecule has 0 amide bonds. The number of hydrogen-bond donors (Lipinski definition) is 2. The van der Waals surface area contributed by atoms with Crippen LogP contribution < -0.4 is 5.32 Å². The summed E-state index contributed by atoms with van der Waals surface area (Å²) in [4.78, 5) is 14.6. The maximum absolute atomic E-state index is 10.6. The number of nitrogens with zero attached hydrogens (tertiary/aromatic N) is 1. The minimum absolute atomic E-state index is 0.198. The van der Waals surface area contributed by atoms with Gasteiger partial charge >= 0.3 is 5.97 Å². The fraction of sp³-hybridized carbons (Fsp3) is 0.538. The molecule has 0 saturated heterocycles. The SMILES string of the molecule is CCCCOCCCNc1ccc(C(=O)O)cn1. The number of ether oxygens (including phenoxy) is 1. The Labute approximate surface area is 107 Å². The Morgan fingerprint density at radius 3 is 2.78 bits per heavy atom. The first-order chi connectivity index (χ1) is 8.74. The summed E-state index contributed by atoms with van der Waals surface area (Å²) in [6.45, 7) is 4.46. The first-order valence-electron chi connectivity index (χ1n) is 6.25. The molecule has 0 aliphatic carbocycles. The molecule has 0 fully saturated rings. The number of carbonyl (C=O) groups is 1. The van der Waals surface area contributed by atoms with E-state index in [0.717, 1.165) is 39.0 Å². The number of anilines is 1. The highest BCUT2D eigenvalue weighted by molar-refractivity contribution is 5.87. The fourth-order valence-electron chi connectivity index (χ4n) is 1.36. The molecule has 0 unspecified atom stereocenters. The van der Waals surface area contributed by atoms with Gasteiger partial charge in [-0.3, -0.25) is 0 Å². The minimum Gasteiger partial charge on any atom is -0.478 e. The van der Waals surface area contributed by atoms with Crippen LogP contribution in [-0.2, 0) is 4.74 Å². The second-order valence-electron chi connectivity index (χ2n) is 3.98. The van der Waals surface area contributed by atoms with Gasteiger partial charge in [0.25, 0.3) is 0 Å². The summed E-state index contributed by atoms with van der Waals surface area (Å²) in [5.41, 5.74) is 0.198. The van der Waals surface area contributed by atoms with E-state index in [9.17, 15) is 4.79 Å². The van der Waals surface area contributed by atoms with Crippen LogP contribution in [0, 0.1) is 0 Å². The summed E-state index contributed by atoms with van der Waals surface area (Å²) in [5.74, 6) is -0.271. The minimum atomic E-state index is -0.960. The number of pyridine rings is 1. The normalized spacial score (nSPS) is 10.3. The molecule has 5 heteroatoms. The van der Waals surface area contributed by atoms with Crippen molar-refractivity contribution in [2.75, 3.05) is 25.1 Å². The Hall–Kier alpha value is -1.62. The lowest BCUT2D eigenvalue weighted by Gasteiger charge is -2.06. The second kappa shape index (κ2) is 8.47. The van der Waals surface area contributed by atoms with Crippen LogP contribution >= 0.6 is 0 Å². The van der Waals surface area contributed by atoms with Gasteiger partial charge in [-0.1, -0.05) is 13.3 Å². The van der Waals surface area contributed by atoms with E-state index in [0.29, 0.717) is 5.82 Å². The van der Waals surface area contributed by atoms with Gasteiger partial charge in [0.05, 0.1) is 5.56 Å². The molecule has 1 heterocycles. The Balaban J connectivity index is 2.14. The highest BCUT2D eigenvalue weighted by Crippen LogP contribution is 2.04. The largest absolute Gasteiger partial charge is 0.478 e. The van der Waals surface area contributed by atoms with Gasteiger partial charge in [-0.15, -0.1) is 0 Å². The van der Waals surface area contributed by atoms with Crippen LogP contribution in [0.3, 0.4) is 0 Å². The van der Waals surface area contributed by atoms with Crippen molar-refractivity contribution in [3.05, 3.63) is 23.9 Å². The van der Waals surface area contributed by atoms with E-state index in [1.165, 1.54) is 12.3 Å². The molecule has 1 aromatic heterocycles. The Morgan fingerprint density at radius 1 is 1.39 bits per heavy atom. The maximum atomic E-state index is 10.6. The zero-order chi connectivity index (χ0) is 13.2. The molecular formula is C13H20N2O3. The van der Waals surface area contributed by atoms with Crippen LogP contribution in [-0.4, -0.2) is 35.8 Å². The van der Waals surface area contributed by atoms with E-state index in [1.54, 1.807) is 6.07 Å². The van der Waals surface area contributed by atoms with Gasteiger partial charge in [-0.2, -0.15) is 0 Å². The number of aromatic carboxylic acids is 1. The van der Waals surface area contributed by atoms with E-state index < -0.39 is 5.97 Å². The van der Waals surface area contributed by atoms with Crippen LogP contribution in [0.5, 0.6) is 0 Å². The van der Waals surface area contributed by atoms with Crippen molar-refractivity contribution in [1.82, 2.24) is 4.98 Å². The van der Waals surface area contributed by atoms with Crippen molar-refractivity contribution in [1.29, 1.82) is 0 Å². The van der Waals surface area contributed by atoms with E-state index in [-0.39, 0.29) is 5.56 Å². The standard InChI is InChI=1S/C13H20N2O3/c1-2-3-8-18-9-4-7-14-12-6-5-11(10-15-12)13(16)17/h5-6,10H,2-4,7-9H2,1H3,(H,14,15)(H,16,17). The molecule has 0 bridgehead atoms. The zero-order valence-corrected chi connectivity index (χ0v) is 10.7. The van der Waals surface area contributed by atoms with Crippen LogP contribution in [0.25, 0.3) is 0 Å². The summed E-state index contributed by atoms with van der Waals surface area (Å²) < 4.78 is 5.42. The Morgan fingerprint density at radius 2 is 2.17 bits per heavy atom. The molecule has 5 nitrogen and oxygen atoms in total. The van der Waals surface area contributed by atoms with Gasteiger partial charge in [0.15, 0.2) is 0 Å². The zero-order valence-electron chi connectivity index (χ0n) is 10.7. The molecule has 0 aliphatic rings. The third-order valence-corrected chi connectivity index (χ3v) is 2.42. The maximum Gasteiger partial charge on any atom is 0.337 e. The smallest absolute Gasteiger partial charge is 0.337 e. The summed E-state index contributed by atoms with van der Waals surface area (Å²) >= 11 is 0. The highest BCUT2D eigenvalue weighted by atomic mass is 16.5. The third kappa shape index (κ3) is 5.63. The first kappa shape index (κ1) is 14.4. The molecular weight excluding hydrogens is 232 g/mol. The van der Waals surface area contributed by atoms with Crippen molar-refractivity contribution in [3.63, 3.8) is 0 Å². The van der Waals surface area contributed by atoms with Crippen molar-refractivity contribution in [2.24, 2.45) is 0 Å². The molecule has 1 aromatic rings. The van der Waals surface area contributed by atoms with E-state index in [2.05, 4.69) is 17.2 Å².